The van der Waals surface area contributed by atoms with Crippen molar-refractivity contribution in [2.45, 2.75) is 20.3 Å². The fraction of sp³-hybridized carbons (Fsp3) is 0.308. The van der Waals surface area contributed by atoms with Gasteiger partial charge in [0.1, 0.15) is 0 Å². The van der Waals surface area contributed by atoms with Gasteiger partial charge in [-0.25, -0.2) is 0 Å². The minimum Gasteiger partial charge on any atom is -0.481 e. The molecule has 1 aromatic carbocycles. The maximum Gasteiger partial charge on any atom is 0.306 e. The third-order valence-corrected chi connectivity index (χ3v) is 2.43. The van der Waals surface area contributed by atoms with Crippen molar-refractivity contribution in [2.75, 3.05) is 0 Å². The van der Waals surface area contributed by atoms with E-state index >= 15 is 0 Å². The summed E-state index contributed by atoms with van der Waals surface area (Å²) in [4.78, 5) is 10.6. The molecule has 0 aliphatic carbocycles. The summed E-state index contributed by atoms with van der Waals surface area (Å²) >= 11 is 0. The number of hydrogen-bond donors (Lipinski definition) is 1. The van der Waals surface area contributed by atoms with E-state index in [0.29, 0.717) is 6.42 Å². The Morgan fingerprint density at radius 2 is 2.00 bits per heavy atom. The molecule has 0 aliphatic rings. The number of carbonyl (C=O) groups is 1. The molecule has 80 valence electrons. The van der Waals surface area contributed by atoms with Gasteiger partial charge in [-0.1, -0.05) is 43.3 Å². The van der Waals surface area contributed by atoms with Crippen molar-refractivity contribution in [3.05, 3.63) is 42.0 Å². The van der Waals surface area contributed by atoms with Gasteiger partial charge in [0.25, 0.3) is 0 Å². The van der Waals surface area contributed by atoms with E-state index in [0.717, 1.165) is 11.1 Å². The average molecular weight is 204 g/mol. The zero-order valence-electron chi connectivity index (χ0n) is 9.10. The number of hydrogen-bond acceptors (Lipinski definition) is 1. The van der Waals surface area contributed by atoms with Gasteiger partial charge in [-0.3, -0.25) is 4.79 Å². The number of carboxylic acid groups (broad SMARTS) is 1. The number of allylic oxidation sites excluding steroid dienone is 2. The second-order valence-corrected chi connectivity index (χ2v) is 3.73. The molecule has 1 aromatic rings. The molecule has 1 atom stereocenters. The van der Waals surface area contributed by atoms with Gasteiger partial charge >= 0.3 is 5.97 Å². The monoisotopic (exact) mass is 204 g/mol. The third kappa shape index (κ3) is 3.58. The van der Waals surface area contributed by atoms with E-state index in [1.165, 1.54) is 0 Å². The standard InChI is InChI=1S/C13H16O2/c1-10(8-9-11(2)13(14)15)12-6-4-3-5-7-12/h3-8,11H,9H2,1-2H3,(H,14,15)/b10-8-. The molecule has 0 amide bonds. The Hall–Kier alpha value is -1.57. The summed E-state index contributed by atoms with van der Waals surface area (Å²) in [6, 6.07) is 9.98. The first-order valence-corrected chi connectivity index (χ1v) is 5.06. The van der Waals surface area contributed by atoms with Crippen molar-refractivity contribution in [1.29, 1.82) is 0 Å². The quantitative estimate of drug-likeness (QED) is 0.817. The van der Waals surface area contributed by atoms with Crippen molar-refractivity contribution in [2.24, 2.45) is 5.92 Å². The van der Waals surface area contributed by atoms with Gasteiger partial charge in [-0.2, -0.15) is 0 Å². The van der Waals surface area contributed by atoms with Crippen molar-refractivity contribution in [3.63, 3.8) is 0 Å². The number of rotatable bonds is 4. The summed E-state index contributed by atoms with van der Waals surface area (Å²) < 4.78 is 0. The largest absolute Gasteiger partial charge is 0.481 e. The Labute approximate surface area is 90.3 Å². The molecule has 0 fully saturated rings. The van der Waals surface area contributed by atoms with Crippen LogP contribution in [0.5, 0.6) is 0 Å². The topological polar surface area (TPSA) is 37.3 Å². The molecular weight excluding hydrogens is 188 g/mol. The predicted molar refractivity (Wildman–Crippen MR) is 61.5 cm³/mol. The van der Waals surface area contributed by atoms with Gasteiger partial charge in [0, 0.05) is 0 Å². The first-order chi connectivity index (χ1) is 7.11. The molecule has 0 aliphatic heterocycles. The molecule has 2 heteroatoms. The molecular formula is C13H16O2. The minimum absolute atomic E-state index is 0.316. The van der Waals surface area contributed by atoms with Crippen LogP contribution in [0.15, 0.2) is 36.4 Å². The summed E-state index contributed by atoms with van der Waals surface area (Å²) in [5.41, 5.74) is 2.28. The number of benzene rings is 1. The lowest BCUT2D eigenvalue weighted by atomic mass is 10.0. The molecule has 0 saturated carbocycles. The number of aliphatic carboxylic acids is 1. The minimum atomic E-state index is -0.743. The first-order valence-electron chi connectivity index (χ1n) is 5.06. The van der Waals surface area contributed by atoms with Gasteiger partial charge in [0.15, 0.2) is 0 Å². The Balaban J connectivity index is 2.65. The average Bonchev–Trinajstić information content (AvgIpc) is 2.26. The lowest BCUT2D eigenvalue weighted by Crippen LogP contribution is -2.07. The van der Waals surface area contributed by atoms with E-state index in [2.05, 4.69) is 0 Å². The summed E-state index contributed by atoms with van der Waals surface area (Å²) in [7, 11) is 0. The summed E-state index contributed by atoms with van der Waals surface area (Å²) in [5.74, 6) is -1.06. The van der Waals surface area contributed by atoms with Crippen LogP contribution in [-0.4, -0.2) is 11.1 Å². The third-order valence-electron chi connectivity index (χ3n) is 2.43. The van der Waals surface area contributed by atoms with Gasteiger partial charge in [0.05, 0.1) is 5.92 Å². The van der Waals surface area contributed by atoms with Crippen LogP contribution in [0.25, 0.3) is 5.57 Å². The Kier molecular flexibility index (Phi) is 4.10. The normalized spacial score (nSPS) is 13.6. The summed E-state index contributed by atoms with van der Waals surface area (Å²) in [6.07, 6.45) is 2.56. The van der Waals surface area contributed by atoms with Crippen LogP contribution in [-0.2, 0) is 4.79 Å². The molecule has 15 heavy (non-hydrogen) atoms. The van der Waals surface area contributed by atoms with E-state index in [1.807, 2.05) is 43.3 Å². The molecule has 0 aromatic heterocycles. The lowest BCUT2D eigenvalue weighted by molar-refractivity contribution is -0.140. The SMILES string of the molecule is C/C(=C/CC(C)C(=O)O)c1ccccc1. The maximum atomic E-state index is 10.6. The second-order valence-electron chi connectivity index (χ2n) is 3.73. The Bertz CT molecular complexity index is 352. The molecule has 1 N–H and O–H groups in total. The van der Waals surface area contributed by atoms with E-state index < -0.39 is 5.97 Å². The summed E-state index contributed by atoms with van der Waals surface area (Å²) in [5, 5.41) is 8.74. The second kappa shape index (κ2) is 5.35. The first kappa shape index (κ1) is 11.5. The van der Waals surface area contributed by atoms with Crippen molar-refractivity contribution in [3.8, 4) is 0 Å². The Morgan fingerprint density at radius 3 is 2.53 bits per heavy atom. The molecule has 1 rings (SSSR count). The van der Waals surface area contributed by atoms with Crippen LogP contribution >= 0.6 is 0 Å². The van der Waals surface area contributed by atoms with Gasteiger partial charge in [-0.15, -0.1) is 0 Å². The highest BCUT2D eigenvalue weighted by atomic mass is 16.4. The highest BCUT2D eigenvalue weighted by molar-refractivity contribution is 5.70. The zero-order valence-corrected chi connectivity index (χ0v) is 9.10. The summed E-state index contributed by atoms with van der Waals surface area (Å²) in [6.45, 7) is 3.72. The molecule has 0 radical (unpaired) electrons. The van der Waals surface area contributed by atoms with Crippen molar-refractivity contribution < 1.29 is 9.90 Å². The molecule has 0 saturated heterocycles. The van der Waals surface area contributed by atoms with Gasteiger partial charge < -0.3 is 5.11 Å². The smallest absolute Gasteiger partial charge is 0.306 e. The predicted octanol–water partition coefficient (Wildman–Crippen LogP) is 3.20. The van der Waals surface area contributed by atoms with Crippen molar-refractivity contribution >= 4 is 11.5 Å². The molecule has 1 unspecified atom stereocenters. The highest BCUT2D eigenvalue weighted by Gasteiger charge is 2.08. The molecule has 0 heterocycles. The van der Waals surface area contributed by atoms with Gasteiger partial charge in [0.2, 0.25) is 0 Å². The van der Waals surface area contributed by atoms with Crippen LogP contribution in [0.1, 0.15) is 25.8 Å². The van der Waals surface area contributed by atoms with Crippen molar-refractivity contribution in [1.82, 2.24) is 0 Å². The zero-order chi connectivity index (χ0) is 11.3. The van der Waals surface area contributed by atoms with Crippen LogP contribution in [0, 0.1) is 5.92 Å². The number of carboxylic acids is 1. The van der Waals surface area contributed by atoms with E-state index in [4.69, 9.17) is 5.11 Å². The van der Waals surface area contributed by atoms with Crippen LogP contribution in [0.4, 0.5) is 0 Å². The van der Waals surface area contributed by atoms with E-state index in [1.54, 1.807) is 6.92 Å². The Morgan fingerprint density at radius 1 is 1.40 bits per heavy atom. The maximum absolute atomic E-state index is 10.6. The van der Waals surface area contributed by atoms with Crippen LogP contribution in [0.2, 0.25) is 0 Å². The molecule has 0 bridgehead atoms. The fourth-order valence-corrected chi connectivity index (χ4v) is 1.27. The molecule has 2 nitrogen and oxygen atoms in total. The van der Waals surface area contributed by atoms with Crippen LogP contribution in [0.3, 0.4) is 0 Å². The van der Waals surface area contributed by atoms with E-state index in [9.17, 15) is 4.79 Å². The fourth-order valence-electron chi connectivity index (χ4n) is 1.27. The van der Waals surface area contributed by atoms with Gasteiger partial charge in [-0.05, 0) is 24.5 Å². The highest BCUT2D eigenvalue weighted by Crippen LogP contribution is 2.15. The van der Waals surface area contributed by atoms with E-state index in [-0.39, 0.29) is 5.92 Å². The van der Waals surface area contributed by atoms with Crippen LogP contribution < -0.4 is 0 Å². The lowest BCUT2D eigenvalue weighted by Gasteiger charge is -2.04. The molecule has 0 spiro atoms.